The van der Waals surface area contributed by atoms with Crippen molar-refractivity contribution in [1.82, 2.24) is 15.0 Å². The zero-order valence-corrected chi connectivity index (χ0v) is 8.68. The van der Waals surface area contributed by atoms with Crippen LogP contribution in [0.1, 0.15) is 11.4 Å². The van der Waals surface area contributed by atoms with E-state index in [4.69, 9.17) is 0 Å². The van der Waals surface area contributed by atoms with Gasteiger partial charge in [0.2, 0.25) is 0 Å². The minimum absolute atomic E-state index is 0.766. The molecule has 0 aliphatic heterocycles. The monoisotopic (exact) mass is 267 g/mol. The van der Waals surface area contributed by atoms with Gasteiger partial charge >= 0.3 is 0 Å². The number of hydrogen-bond donors (Lipinski definition) is 0. The molecular weight excluding hydrogens is 262 g/mol. The molecular formula is C5H7Br2N3. The smallest absolute Gasteiger partial charge is 0.0973 e. The summed E-state index contributed by atoms with van der Waals surface area (Å²) in [5.74, 6) is 0. The van der Waals surface area contributed by atoms with Gasteiger partial charge in [-0.25, -0.2) is 0 Å². The van der Waals surface area contributed by atoms with E-state index in [1.807, 2.05) is 7.05 Å². The number of hydrogen-bond acceptors (Lipinski definition) is 2. The average molecular weight is 269 g/mol. The zero-order chi connectivity index (χ0) is 7.56. The molecule has 10 heavy (non-hydrogen) atoms. The highest BCUT2D eigenvalue weighted by molar-refractivity contribution is 9.09. The SMILES string of the molecule is Cn1nnc(CBr)c1CBr. The molecule has 0 atom stereocenters. The van der Waals surface area contributed by atoms with E-state index in [1.165, 1.54) is 0 Å². The van der Waals surface area contributed by atoms with Crippen molar-refractivity contribution in [1.29, 1.82) is 0 Å². The summed E-state index contributed by atoms with van der Waals surface area (Å²) in [6.45, 7) is 0. The second-order valence-electron chi connectivity index (χ2n) is 1.87. The van der Waals surface area contributed by atoms with Crippen molar-refractivity contribution < 1.29 is 0 Å². The minimum Gasteiger partial charge on any atom is -0.251 e. The fourth-order valence-electron chi connectivity index (χ4n) is 0.687. The zero-order valence-electron chi connectivity index (χ0n) is 5.51. The van der Waals surface area contributed by atoms with Crippen LogP contribution in [0.5, 0.6) is 0 Å². The predicted octanol–water partition coefficient (Wildman–Crippen LogP) is 1.60. The van der Waals surface area contributed by atoms with Gasteiger partial charge in [-0.3, -0.25) is 4.68 Å². The van der Waals surface area contributed by atoms with Gasteiger partial charge in [-0.15, -0.1) is 5.10 Å². The molecule has 0 fully saturated rings. The summed E-state index contributed by atoms with van der Waals surface area (Å²) < 4.78 is 1.77. The van der Waals surface area contributed by atoms with Gasteiger partial charge in [0.1, 0.15) is 0 Å². The van der Waals surface area contributed by atoms with Crippen LogP contribution in [0.2, 0.25) is 0 Å². The van der Waals surface area contributed by atoms with E-state index in [9.17, 15) is 0 Å². The average Bonchev–Trinajstić information content (AvgIpc) is 2.30. The molecule has 0 saturated heterocycles. The first-order chi connectivity index (χ1) is 4.79. The first-order valence-corrected chi connectivity index (χ1v) is 5.03. The molecule has 0 N–H and O–H groups in total. The van der Waals surface area contributed by atoms with Gasteiger partial charge in [-0.05, 0) is 0 Å². The number of halogens is 2. The maximum Gasteiger partial charge on any atom is 0.0973 e. The molecule has 0 amide bonds. The van der Waals surface area contributed by atoms with Crippen LogP contribution in [0.15, 0.2) is 0 Å². The Labute approximate surface area is 76.1 Å². The third-order valence-corrected chi connectivity index (χ3v) is 2.34. The fraction of sp³-hybridized carbons (Fsp3) is 0.600. The Morgan fingerprint density at radius 1 is 1.40 bits per heavy atom. The van der Waals surface area contributed by atoms with Crippen LogP contribution in [0.25, 0.3) is 0 Å². The van der Waals surface area contributed by atoms with Crippen molar-refractivity contribution in [2.75, 3.05) is 0 Å². The summed E-state index contributed by atoms with van der Waals surface area (Å²) in [6.07, 6.45) is 0. The van der Waals surface area contributed by atoms with Crippen molar-refractivity contribution >= 4 is 31.9 Å². The van der Waals surface area contributed by atoms with Crippen molar-refractivity contribution in [3.63, 3.8) is 0 Å². The van der Waals surface area contributed by atoms with Crippen LogP contribution in [0.3, 0.4) is 0 Å². The van der Waals surface area contributed by atoms with Crippen LogP contribution < -0.4 is 0 Å². The molecule has 1 rings (SSSR count). The molecule has 0 aromatic carbocycles. The maximum absolute atomic E-state index is 3.94. The molecule has 5 heteroatoms. The summed E-state index contributed by atoms with van der Waals surface area (Å²) in [6, 6.07) is 0. The Morgan fingerprint density at radius 3 is 2.50 bits per heavy atom. The maximum atomic E-state index is 3.94. The second kappa shape index (κ2) is 3.48. The first kappa shape index (κ1) is 8.20. The normalized spacial score (nSPS) is 10.3. The third kappa shape index (κ3) is 1.40. The molecule has 0 bridgehead atoms. The van der Waals surface area contributed by atoms with Crippen LogP contribution in [-0.4, -0.2) is 15.0 Å². The van der Waals surface area contributed by atoms with E-state index in [1.54, 1.807) is 4.68 Å². The summed E-state index contributed by atoms with van der Waals surface area (Å²) in [4.78, 5) is 0. The van der Waals surface area contributed by atoms with Crippen LogP contribution in [0, 0.1) is 0 Å². The quantitative estimate of drug-likeness (QED) is 0.763. The van der Waals surface area contributed by atoms with Crippen molar-refractivity contribution in [2.24, 2.45) is 7.05 Å². The predicted molar refractivity (Wildman–Crippen MR) is 46.3 cm³/mol. The Balaban J connectivity index is 3.01. The van der Waals surface area contributed by atoms with Gasteiger partial charge in [0.05, 0.1) is 11.4 Å². The molecule has 1 heterocycles. The highest BCUT2D eigenvalue weighted by atomic mass is 79.9. The third-order valence-electron chi connectivity index (χ3n) is 1.28. The molecule has 0 unspecified atom stereocenters. The Kier molecular flexibility index (Phi) is 2.85. The highest BCUT2D eigenvalue weighted by Crippen LogP contribution is 2.11. The van der Waals surface area contributed by atoms with Gasteiger partial charge < -0.3 is 0 Å². The van der Waals surface area contributed by atoms with E-state index < -0.39 is 0 Å². The van der Waals surface area contributed by atoms with Crippen molar-refractivity contribution in [2.45, 2.75) is 10.7 Å². The van der Waals surface area contributed by atoms with Crippen molar-refractivity contribution in [3.05, 3.63) is 11.4 Å². The molecule has 1 aromatic rings. The lowest BCUT2D eigenvalue weighted by molar-refractivity contribution is 0.694. The number of alkyl halides is 2. The van der Waals surface area contributed by atoms with E-state index in [0.29, 0.717) is 0 Å². The first-order valence-electron chi connectivity index (χ1n) is 2.79. The van der Waals surface area contributed by atoms with E-state index in [-0.39, 0.29) is 0 Å². The lowest BCUT2D eigenvalue weighted by Gasteiger charge is -1.94. The van der Waals surface area contributed by atoms with Crippen LogP contribution >= 0.6 is 31.9 Å². The summed E-state index contributed by atoms with van der Waals surface area (Å²) >= 11 is 6.68. The van der Waals surface area contributed by atoms with Gasteiger partial charge in [0.15, 0.2) is 0 Å². The molecule has 1 aromatic heterocycles. The Hall–Kier alpha value is 0.1000. The van der Waals surface area contributed by atoms with E-state index in [2.05, 4.69) is 42.2 Å². The lowest BCUT2D eigenvalue weighted by atomic mass is 10.4. The molecule has 56 valence electrons. The van der Waals surface area contributed by atoms with Gasteiger partial charge in [0.25, 0.3) is 0 Å². The molecule has 0 aliphatic carbocycles. The van der Waals surface area contributed by atoms with Gasteiger partial charge in [-0.2, -0.15) is 0 Å². The molecule has 0 radical (unpaired) electrons. The van der Waals surface area contributed by atoms with Crippen LogP contribution in [0.4, 0.5) is 0 Å². The summed E-state index contributed by atoms with van der Waals surface area (Å²) in [5, 5.41) is 9.37. The number of rotatable bonds is 2. The molecule has 3 nitrogen and oxygen atoms in total. The van der Waals surface area contributed by atoms with E-state index in [0.717, 1.165) is 22.0 Å². The molecule has 0 saturated carbocycles. The number of aryl methyl sites for hydroxylation is 1. The van der Waals surface area contributed by atoms with E-state index >= 15 is 0 Å². The molecule has 0 spiro atoms. The Bertz CT molecular complexity index is 221. The van der Waals surface area contributed by atoms with Crippen LogP contribution in [-0.2, 0) is 17.7 Å². The number of nitrogens with zero attached hydrogens (tertiary/aromatic N) is 3. The molecule has 0 aliphatic rings. The highest BCUT2D eigenvalue weighted by Gasteiger charge is 2.05. The van der Waals surface area contributed by atoms with Crippen molar-refractivity contribution in [3.8, 4) is 0 Å². The minimum atomic E-state index is 0.766. The summed E-state index contributed by atoms with van der Waals surface area (Å²) in [7, 11) is 1.88. The lowest BCUT2D eigenvalue weighted by Crippen LogP contribution is -1.96. The fourth-order valence-corrected chi connectivity index (χ4v) is 1.81. The number of aromatic nitrogens is 3. The van der Waals surface area contributed by atoms with Gasteiger partial charge in [0, 0.05) is 17.7 Å². The topological polar surface area (TPSA) is 30.7 Å². The Morgan fingerprint density at radius 2 is 2.10 bits per heavy atom. The second-order valence-corrected chi connectivity index (χ2v) is 3.00. The standard InChI is InChI=1S/C5H7Br2N3/c1-10-5(3-7)4(2-6)8-9-10/h2-3H2,1H3. The summed E-state index contributed by atoms with van der Waals surface area (Å²) in [5.41, 5.74) is 2.12. The van der Waals surface area contributed by atoms with Gasteiger partial charge in [-0.1, -0.05) is 37.1 Å². The largest absolute Gasteiger partial charge is 0.251 e.